The first-order chi connectivity index (χ1) is 13.4. The van der Waals surface area contributed by atoms with Gasteiger partial charge in [-0.1, -0.05) is 35.9 Å². The fourth-order valence-corrected chi connectivity index (χ4v) is 3.35. The van der Waals surface area contributed by atoms with E-state index in [0.717, 1.165) is 29.3 Å². The Morgan fingerprint density at radius 1 is 1.14 bits per heavy atom. The maximum atomic E-state index is 12.2. The maximum absolute atomic E-state index is 12.2. The molecule has 146 valence electrons. The van der Waals surface area contributed by atoms with Gasteiger partial charge in [0.15, 0.2) is 0 Å². The number of amides is 1. The van der Waals surface area contributed by atoms with Crippen molar-refractivity contribution in [2.75, 3.05) is 18.9 Å². The molecule has 0 aliphatic heterocycles. The van der Waals surface area contributed by atoms with E-state index in [1.54, 1.807) is 12.1 Å². The third-order valence-corrected chi connectivity index (χ3v) is 4.93. The molecule has 0 atom stereocenters. The number of carbonyl (C=O) groups excluding carboxylic acids is 1. The van der Waals surface area contributed by atoms with Crippen molar-refractivity contribution in [1.82, 2.24) is 14.7 Å². The van der Waals surface area contributed by atoms with Gasteiger partial charge in [-0.25, -0.2) is 4.68 Å². The van der Waals surface area contributed by atoms with Crippen LogP contribution in [0.4, 0.5) is 5.69 Å². The molecular formula is C22H25ClN4O. The van der Waals surface area contributed by atoms with Gasteiger partial charge in [0.05, 0.1) is 11.4 Å². The Morgan fingerprint density at radius 2 is 1.89 bits per heavy atom. The van der Waals surface area contributed by atoms with Crippen LogP contribution in [0.2, 0.25) is 5.02 Å². The Morgan fingerprint density at radius 3 is 2.61 bits per heavy atom. The topological polar surface area (TPSA) is 50.2 Å². The quantitative estimate of drug-likeness (QED) is 0.634. The number of hydrogen-bond acceptors (Lipinski definition) is 3. The second kappa shape index (κ2) is 9.04. The van der Waals surface area contributed by atoms with Gasteiger partial charge in [-0.15, -0.1) is 0 Å². The van der Waals surface area contributed by atoms with E-state index in [9.17, 15) is 4.79 Å². The number of halogens is 1. The van der Waals surface area contributed by atoms with Crippen LogP contribution >= 0.6 is 11.6 Å². The van der Waals surface area contributed by atoms with Crippen LogP contribution in [0, 0.1) is 13.8 Å². The van der Waals surface area contributed by atoms with Crippen LogP contribution in [-0.2, 0) is 11.3 Å². The molecule has 3 aromatic rings. The van der Waals surface area contributed by atoms with Crippen LogP contribution in [-0.4, -0.2) is 34.2 Å². The summed E-state index contributed by atoms with van der Waals surface area (Å²) in [6, 6.07) is 17.3. The lowest BCUT2D eigenvalue weighted by Gasteiger charge is -2.17. The van der Waals surface area contributed by atoms with Crippen molar-refractivity contribution in [3.05, 3.63) is 76.6 Å². The van der Waals surface area contributed by atoms with Crippen molar-refractivity contribution in [2.24, 2.45) is 0 Å². The van der Waals surface area contributed by atoms with E-state index in [4.69, 9.17) is 16.7 Å². The number of para-hydroxylation sites is 1. The zero-order valence-electron chi connectivity index (χ0n) is 16.4. The molecule has 0 spiro atoms. The zero-order valence-corrected chi connectivity index (χ0v) is 17.2. The maximum Gasteiger partial charge on any atom is 0.225 e. The monoisotopic (exact) mass is 396 g/mol. The van der Waals surface area contributed by atoms with Gasteiger partial charge in [0.25, 0.3) is 0 Å². The molecule has 0 bridgehead atoms. The Bertz CT molecular complexity index is 952. The van der Waals surface area contributed by atoms with E-state index in [2.05, 4.69) is 17.1 Å². The van der Waals surface area contributed by atoms with E-state index in [0.29, 0.717) is 18.0 Å². The fourth-order valence-electron chi connectivity index (χ4n) is 3.16. The van der Waals surface area contributed by atoms with Gasteiger partial charge in [0.2, 0.25) is 5.91 Å². The normalized spacial score (nSPS) is 11.0. The smallest absolute Gasteiger partial charge is 0.225 e. The molecule has 6 heteroatoms. The van der Waals surface area contributed by atoms with Crippen molar-refractivity contribution < 1.29 is 4.79 Å². The number of nitrogens with zero attached hydrogens (tertiary/aromatic N) is 3. The summed E-state index contributed by atoms with van der Waals surface area (Å²) in [5.41, 5.74) is 5.10. The first-order valence-corrected chi connectivity index (χ1v) is 9.66. The Kier molecular flexibility index (Phi) is 6.49. The summed E-state index contributed by atoms with van der Waals surface area (Å²) in [5, 5.41) is 8.18. The minimum absolute atomic E-state index is 0.0254. The highest BCUT2D eigenvalue weighted by molar-refractivity contribution is 6.30. The largest absolute Gasteiger partial charge is 0.326 e. The van der Waals surface area contributed by atoms with Crippen LogP contribution < -0.4 is 5.32 Å². The summed E-state index contributed by atoms with van der Waals surface area (Å²) < 4.78 is 1.98. The molecule has 5 nitrogen and oxygen atoms in total. The minimum Gasteiger partial charge on any atom is -0.326 e. The number of nitrogens with one attached hydrogen (secondary N) is 1. The third-order valence-electron chi connectivity index (χ3n) is 4.70. The molecule has 0 saturated heterocycles. The number of aromatic nitrogens is 2. The number of aryl methyl sites for hydroxylation is 1. The Balaban J connectivity index is 1.58. The predicted octanol–water partition coefficient (Wildman–Crippen LogP) is 4.60. The number of carbonyl (C=O) groups is 1. The van der Waals surface area contributed by atoms with Crippen LogP contribution in [0.25, 0.3) is 5.69 Å². The lowest BCUT2D eigenvalue weighted by Crippen LogP contribution is -2.24. The van der Waals surface area contributed by atoms with Crippen LogP contribution in [0.3, 0.4) is 0 Å². The molecule has 0 fully saturated rings. The number of anilines is 1. The lowest BCUT2D eigenvalue weighted by atomic mass is 10.2. The van der Waals surface area contributed by atoms with Crippen molar-refractivity contribution in [3.8, 4) is 5.69 Å². The minimum atomic E-state index is -0.0254. The summed E-state index contributed by atoms with van der Waals surface area (Å²) >= 11 is 5.95. The average Bonchev–Trinajstić information content (AvgIpc) is 2.95. The number of rotatable bonds is 7. The first kappa shape index (κ1) is 20.1. The molecule has 0 radical (unpaired) electrons. The molecule has 1 amide bonds. The number of benzene rings is 2. The van der Waals surface area contributed by atoms with Crippen LogP contribution in [0.5, 0.6) is 0 Å². The summed E-state index contributed by atoms with van der Waals surface area (Å²) in [7, 11) is 2.02. The standard InChI is InChI=1S/C22H25ClN4O/c1-16-21(17(2)27(25-16)20-10-5-4-6-11-20)15-26(3)13-12-22(28)24-19-9-7-8-18(23)14-19/h4-11,14H,12-13,15H2,1-3H3,(H,24,28). The van der Waals surface area contributed by atoms with Gasteiger partial charge in [-0.2, -0.15) is 5.10 Å². The van der Waals surface area contributed by atoms with Gasteiger partial charge in [0.1, 0.15) is 0 Å². The summed E-state index contributed by atoms with van der Waals surface area (Å²) in [6.45, 7) is 5.51. The van der Waals surface area contributed by atoms with E-state index >= 15 is 0 Å². The SMILES string of the molecule is Cc1nn(-c2ccccc2)c(C)c1CN(C)CCC(=O)Nc1cccc(Cl)c1. The van der Waals surface area contributed by atoms with Gasteiger partial charge in [-0.05, 0) is 51.2 Å². The Hall–Kier alpha value is -2.63. The van der Waals surface area contributed by atoms with Crippen LogP contribution in [0.15, 0.2) is 54.6 Å². The van der Waals surface area contributed by atoms with Gasteiger partial charge < -0.3 is 10.2 Å². The lowest BCUT2D eigenvalue weighted by molar-refractivity contribution is -0.116. The average molecular weight is 397 g/mol. The highest BCUT2D eigenvalue weighted by atomic mass is 35.5. The second-order valence-corrected chi connectivity index (χ2v) is 7.38. The van der Waals surface area contributed by atoms with Crippen molar-refractivity contribution in [2.45, 2.75) is 26.8 Å². The summed E-state index contributed by atoms with van der Waals surface area (Å²) in [4.78, 5) is 14.3. The van der Waals surface area contributed by atoms with E-state index in [-0.39, 0.29) is 5.91 Å². The highest BCUT2D eigenvalue weighted by Crippen LogP contribution is 2.19. The van der Waals surface area contributed by atoms with Crippen LogP contribution in [0.1, 0.15) is 23.4 Å². The Labute approximate surface area is 170 Å². The second-order valence-electron chi connectivity index (χ2n) is 6.94. The molecule has 0 unspecified atom stereocenters. The highest BCUT2D eigenvalue weighted by Gasteiger charge is 2.15. The molecule has 1 heterocycles. The van der Waals surface area contributed by atoms with Gasteiger partial charge >= 0.3 is 0 Å². The molecule has 3 rings (SSSR count). The van der Waals surface area contributed by atoms with Crippen molar-refractivity contribution >= 4 is 23.2 Å². The zero-order chi connectivity index (χ0) is 20.1. The summed E-state index contributed by atoms with van der Waals surface area (Å²) in [5.74, 6) is -0.0254. The fraction of sp³-hybridized carbons (Fsp3) is 0.273. The van der Waals surface area contributed by atoms with Crippen molar-refractivity contribution in [1.29, 1.82) is 0 Å². The molecule has 0 aliphatic carbocycles. The number of hydrogen-bond donors (Lipinski definition) is 1. The summed E-state index contributed by atoms with van der Waals surface area (Å²) in [6.07, 6.45) is 0.411. The molecule has 1 N–H and O–H groups in total. The van der Waals surface area contributed by atoms with E-state index in [1.165, 1.54) is 5.56 Å². The molecule has 0 saturated carbocycles. The first-order valence-electron chi connectivity index (χ1n) is 9.28. The molecule has 0 aliphatic rings. The predicted molar refractivity (Wildman–Crippen MR) is 114 cm³/mol. The van der Waals surface area contributed by atoms with Gasteiger partial charge in [-0.3, -0.25) is 4.79 Å². The van der Waals surface area contributed by atoms with Gasteiger partial charge in [0, 0.05) is 41.5 Å². The molecule has 2 aromatic carbocycles. The molecular weight excluding hydrogens is 372 g/mol. The third kappa shape index (κ3) is 5.00. The van der Waals surface area contributed by atoms with E-state index < -0.39 is 0 Å². The molecule has 1 aromatic heterocycles. The van der Waals surface area contributed by atoms with E-state index in [1.807, 2.05) is 61.1 Å². The molecule has 28 heavy (non-hydrogen) atoms. The van der Waals surface area contributed by atoms with Crippen molar-refractivity contribution in [3.63, 3.8) is 0 Å².